The van der Waals surface area contributed by atoms with Crippen molar-refractivity contribution in [3.63, 3.8) is 0 Å². The number of aromatic hydroxyl groups is 1. The van der Waals surface area contributed by atoms with Crippen molar-refractivity contribution in [2.45, 2.75) is 210 Å². The van der Waals surface area contributed by atoms with E-state index in [1.54, 1.807) is 41.5 Å². The molecule has 1 amide bonds. The second-order valence-corrected chi connectivity index (χ2v) is 25.4. The highest BCUT2D eigenvalue weighted by molar-refractivity contribution is 6.25. The summed E-state index contributed by atoms with van der Waals surface area (Å²) in [6, 6.07) is 2.73. The van der Waals surface area contributed by atoms with E-state index in [0.29, 0.717) is 6.42 Å². The number of ether oxygens (including phenoxy) is 6. The van der Waals surface area contributed by atoms with Gasteiger partial charge < -0.3 is 90.1 Å². The van der Waals surface area contributed by atoms with E-state index in [9.17, 15) is 75.0 Å². The van der Waals surface area contributed by atoms with Gasteiger partial charge in [-0.15, -0.1) is 0 Å². The number of nitrogens with zero attached hydrogens (tertiary/aromatic N) is 2. The molecule has 7 rings (SSSR count). The van der Waals surface area contributed by atoms with Gasteiger partial charge in [0.2, 0.25) is 5.78 Å². The van der Waals surface area contributed by atoms with Crippen LogP contribution in [0.4, 0.5) is 0 Å². The minimum absolute atomic E-state index is 0.0936. The fourth-order valence-electron chi connectivity index (χ4n) is 13.9. The third kappa shape index (κ3) is 12.2. The van der Waals surface area contributed by atoms with Gasteiger partial charge in [-0.05, 0) is 114 Å². The maximum absolute atomic E-state index is 14.1. The van der Waals surface area contributed by atoms with Gasteiger partial charge in [-0.25, -0.2) is 0 Å². The average molecular weight is 1180 g/mol. The van der Waals surface area contributed by atoms with Crippen molar-refractivity contribution >= 4 is 29.2 Å². The lowest BCUT2D eigenvalue weighted by atomic mass is 9.55. The van der Waals surface area contributed by atoms with E-state index in [1.165, 1.54) is 72.0 Å². The van der Waals surface area contributed by atoms with E-state index >= 15 is 0 Å². The molecular weight excluding hydrogens is 1090 g/mol. The first kappa shape index (κ1) is 67.6. The number of carbonyl (C=O) groups excluding carboxylic acids is 5. The summed E-state index contributed by atoms with van der Waals surface area (Å²) in [6.45, 7) is 17.7. The van der Waals surface area contributed by atoms with Gasteiger partial charge in [-0.1, -0.05) is 39.8 Å². The van der Waals surface area contributed by atoms with E-state index in [-0.39, 0.29) is 49.0 Å². The first-order chi connectivity index (χ1) is 38.2. The van der Waals surface area contributed by atoms with Crippen molar-refractivity contribution in [3.8, 4) is 5.75 Å². The molecular formula is C59H91N3O21. The molecule has 3 aliphatic carbocycles. The molecule has 0 spiro atoms. The number of esters is 1. The number of hydrogen-bond donors (Lipinski definition) is 11. The molecule has 24 nitrogen and oxygen atoms in total. The zero-order valence-electron chi connectivity index (χ0n) is 50.6. The van der Waals surface area contributed by atoms with Crippen molar-refractivity contribution in [3.05, 3.63) is 52.0 Å². The largest absolute Gasteiger partial charge is 0.510 e. The molecule has 3 fully saturated rings. The minimum Gasteiger partial charge on any atom is -0.510 e. The molecule has 1 aromatic rings. The Kier molecular flexibility index (Phi) is 20.1. The second kappa shape index (κ2) is 24.7. The van der Waals surface area contributed by atoms with Gasteiger partial charge in [0, 0.05) is 54.7 Å². The van der Waals surface area contributed by atoms with Gasteiger partial charge in [0.15, 0.2) is 24.0 Å². The Morgan fingerprint density at radius 2 is 1.43 bits per heavy atom. The summed E-state index contributed by atoms with van der Waals surface area (Å²) < 4.78 is 37.1. The first-order valence-corrected chi connectivity index (χ1v) is 28.5. The lowest BCUT2D eigenvalue weighted by molar-refractivity contribution is -0.318. The standard InChI is InChI=1S/C37H67NO13.C22H24N2O8/c1-14-25-37(10,45)30(41)20(4)27(39)18(2)16-35(8,44)32(51-34-28(40)24(38(11)12)15-19(3)47-34)21(5)29(22(6)33(43)49-25)50-26-17-36(9,46-13)31(42)23(7)48-26;1-21(31)8-5-4-6-11(25)12(8)16(26)13-9(21)7-10-15(24(2)3)17(27)14(20(23)30)19(29)22(10,32)18(13)28/h18-26,28-32,34,40-42,44-45H,14-17H2,1-13H3;4-6,9-10,15,25,27-28,31-32H,7H2,1-3H3,(H2,23,30)/t18-,19-,20+,21+,22-,23+,24+,25-,26+,28-,29+,30-,31+,32-,34+,35-,36-,37-;9-,10-,15-,21+,22-/m10/s1. The van der Waals surface area contributed by atoms with E-state index in [2.05, 4.69) is 0 Å². The number of cyclic esters (lactones) is 1. The van der Waals surface area contributed by atoms with Crippen LogP contribution in [0.5, 0.6) is 5.75 Å². The summed E-state index contributed by atoms with van der Waals surface area (Å²) in [5, 5.41) is 113. The van der Waals surface area contributed by atoms with Crippen LogP contribution in [0.1, 0.15) is 124 Å². The van der Waals surface area contributed by atoms with Crippen molar-refractivity contribution in [1.29, 1.82) is 0 Å². The molecule has 468 valence electrons. The predicted octanol–water partition coefficient (Wildman–Crippen LogP) is 1.57. The van der Waals surface area contributed by atoms with Crippen LogP contribution in [0.3, 0.4) is 0 Å². The van der Waals surface area contributed by atoms with Crippen molar-refractivity contribution in [2.75, 3.05) is 35.3 Å². The van der Waals surface area contributed by atoms with Gasteiger partial charge in [0.1, 0.15) is 52.5 Å². The number of ketones is 3. The van der Waals surface area contributed by atoms with Crippen molar-refractivity contribution in [2.24, 2.45) is 41.2 Å². The van der Waals surface area contributed by atoms with Gasteiger partial charge >= 0.3 is 5.97 Å². The van der Waals surface area contributed by atoms with Gasteiger partial charge in [-0.2, -0.15) is 0 Å². The molecule has 0 bridgehead atoms. The summed E-state index contributed by atoms with van der Waals surface area (Å²) in [6.07, 6.45) is -9.91. The monoisotopic (exact) mass is 1180 g/mol. The lowest BCUT2D eigenvalue weighted by Gasteiger charge is -2.52. The Balaban J connectivity index is 0.000000294. The number of likely N-dealkylation sites (N-methyl/N-ethyl adjacent to an activating group) is 2. The topological polar surface area (TPSA) is 376 Å². The number of hydrogen-bond acceptors (Lipinski definition) is 23. The molecule has 23 atom stereocenters. The molecule has 6 aliphatic rings. The molecule has 24 heteroatoms. The Morgan fingerprint density at radius 1 is 0.819 bits per heavy atom. The number of carbonyl (C=O) groups is 5. The fourth-order valence-corrected chi connectivity index (χ4v) is 13.9. The molecule has 3 aliphatic heterocycles. The number of phenols is 1. The van der Waals surface area contributed by atoms with Gasteiger partial charge in [0.05, 0.1) is 64.8 Å². The Morgan fingerprint density at radius 3 is 1.99 bits per heavy atom. The Bertz CT molecular complexity index is 2670. The van der Waals surface area contributed by atoms with E-state index in [0.717, 1.165) is 0 Å². The summed E-state index contributed by atoms with van der Waals surface area (Å²) in [5.41, 5.74) is -5.49. The Labute approximate surface area is 485 Å². The third-order valence-electron chi connectivity index (χ3n) is 18.8. The van der Waals surface area contributed by atoms with Crippen LogP contribution in [0, 0.1) is 35.5 Å². The summed E-state index contributed by atoms with van der Waals surface area (Å²) in [7, 11) is 8.24. The maximum atomic E-state index is 14.1. The van der Waals surface area contributed by atoms with Crippen LogP contribution in [0.2, 0.25) is 0 Å². The predicted molar refractivity (Wildman–Crippen MR) is 296 cm³/mol. The second-order valence-electron chi connectivity index (χ2n) is 25.4. The van der Waals surface area contributed by atoms with Crippen LogP contribution in [0.25, 0.3) is 0 Å². The first-order valence-electron chi connectivity index (χ1n) is 28.5. The van der Waals surface area contributed by atoms with Crippen LogP contribution < -0.4 is 5.73 Å². The number of aliphatic hydroxyl groups excluding tert-OH is 5. The molecule has 0 unspecified atom stereocenters. The fraction of sp³-hybridized carbons (Fsp3) is 0.746. The number of primary amides is 1. The third-order valence-corrected chi connectivity index (χ3v) is 18.8. The van der Waals surface area contributed by atoms with E-state index in [4.69, 9.17) is 34.2 Å². The number of rotatable bonds is 9. The van der Waals surface area contributed by atoms with Gasteiger partial charge in [0.25, 0.3) is 5.91 Å². The highest BCUT2D eigenvalue weighted by atomic mass is 16.7. The zero-order valence-corrected chi connectivity index (χ0v) is 50.6. The quantitative estimate of drug-likeness (QED) is 0.123. The van der Waals surface area contributed by atoms with E-state index in [1.807, 2.05) is 25.9 Å². The van der Waals surface area contributed by atoms with Gasteiger partial charge in [-0.3, -0.25) is 28.9 Å². The number of amides is 1. The normalized spacial score (nSPS) is 43.8. The van der Waals surface area contributed by atoms with Crippen molar-refractivity contribution in [1.82, 2.24) is 9.80 Å². The highest BCUT2D eigenvalue weighted by Crippen LogP contribution is 2.57. The number of aliphatic hydroxyl groups is 9. The Hall–Kier alpha value is -4.51. The number of fused-ring (bicyclic) bond motifs is 3. The average Bonchev–Trinajstić information content (AvgIpc) is 0.774. The lowest BCUT2D eigenvalue weighted by Crippen LogP contribution is -2.65. The SMILES string of the molecule is CC[C@H]1OC(=O)[C@H](C)[C@@H](O[C@H]2C[C@@](C)(OC)[C@@H](O)[C@H](C)O2)[C@H](C)[C@@H](O[C@@H]2O[C@H](C)C[C@H](N(C)C)[C@H]2O)[C@](C)(O)C[C@@H](C)C(=O)[C@H](C)[C@@H](O)[C@]1(C)O.CN(C)[C@@H]1C(O)=C(C(N)=O)C(=O)[C@@]2(O)C(O)=C3C(=O)c4c(O)cccc4[C@@](C)(O)[C@H]3C[C@@H]12. The molecule has 12 N–H and O–H groups in total. The van der Waals surface area contributed by atoms with Crippen molar-refractivity contribution < 1.29 is 103 Å². The summed E-state index contributed by atoms with van der Waals surface area (Å²) in [4.78, 5) is 69.6. The smallest absolute Gasteiger partial charge is 0.311 e. The van der Waals surface area contributed by atoms with Crippen LogP contribution in [-0.4, -0.2) is 221 Å². The maximum Gasteiger partial charge on any atom is 0.311 e. The molecule has 0 saturated carbocycles. The number of methoxy groups -OCH3 is 1. The van der Waals surface area contributed by atoms with Crippen LogP contribution >= 0.6 is 0 Å². The van der Waals surface area contributed by atoms with Crippen LogP contribution in [0.15, 0.2) is 40.9 Å². The number of Topliss-reactive ketones (excluding diaryl/α,β-unsaturated/α-hetero) is 3. The number of benzene rings is 1. The molecule has 1 aromatic carbocycles. The van der Waals surface area contributed by atoms with Crippen LogP contribution in [-0.2, 0) is 53.2 Å². The summed E-state index contributed by atoms with van der Waals surface area (Å²) >= 11 is 0. The molecule has 0 radical (unpaired) electrons. The molecule has 0 aromatic heterocycles. The molecule has 3 heterocycles. The van der Waals surface area contributed by atoms with E-state index < -0.39 is 183 Å². The molecule has 83 heavy (non-hydrogen) atoms. The summed E-state index contributed by atoms with van der Waals surface area (Å²) in [5.74, 6) is -12.9. The molecule has 3 saturated heterocycles. The number of phenolic OH excluding ortho intramolecular Hbond substituents is 1. The zero-order chi connectivity index (χ0) is 62.9. The number of nitrogens with two attached hydrogens (primary N) is 1. The minimum atomic E-state index is -2.75. The highest BCUT2D eigenvalue weighted by Gasteiger charge is 2.66.